The van der Waals surface area contributed by atoms with Gasteiger partial charge in [-0.3, -0.25) is 0 Å². The van der Waals surface area contributed by atoms with E-state index < -0.39 is 5.97 Å². The van der Waals surface area contributed by atoms with E-state index >= 15 is 0 Å². The van der Waals surface area contributed by atoms with Gasteiger partial charge in [-0.15, -0.1) is 0 Å². The summed E-state index contributed by atoms with van der Waals surface area (Å²) in [6, 6.07) is 9.93. The molecule has 0 unspecified atom stereocenters. The van der Waals surface area contributed by atoms with Crippen LogP contribution in [-0.4, -0.2) is 5.97 Å². The Morgan fingerprint density at radius 2 is 1.93 bits per heavy atom. The minimum Gasteiger partial charge on any atom is -0.542 e. The second-order valence-corrected chi connectivity index (χ2v) is 3.34. The Kier molecular flexibility index (Phi) is 2.47. The van der Waals surface area contributed by atoms with Gasteiger partial charge >= 0.3 is 0 Å². The van der Waals surface area contributed by atoms with Gasteiger partial charge in [-0.1, -0.05) is 23.7 Å². The Labute approximate surface area is 90.9 Å². The average Bonchev–Trinajstić information content (AvgIpc) is 2.67. The van der Waals surface area contributed by atoms with Crippen molar-refractivity contribution < 1.29 is 14.3 Å². The standard InChI is InChI=1S/C11H7ClO3/c12-8-4-2-1-3-7(8)9-5-6-10(15-9)11(13)14/h1-6H,(H,13,14)/p-1. The molecular weight excluding hydrogens is 216 g/mol. The summed E-state index contributed by atoms with van der Waals surface area (Å²) in [6.07, 6.45) is 0. The zero-order chi connectivity index (χ0) is 10.8. The van der Waals surface area contributed by atoms with Gasteiger partial charge in [0.1, 0.15) is 17.5 Å². The molecule has 0 amide bonds. The van der Waals surface area contributed by atoms with Crippen LogP contribution in [-0.2, 0) is 0 Å². The van der Waals surface area contributed by atoms with E-state index in [1.165, 1.54) is 6.07 Å². The molecule has 76 valence electrons. The Balaban J connectivity index is 2.46. The van der Waals surface area contributed by atoms with Crippen molar-refractivity contribution in [3.63, 3.8) is 0 Å². The third-order valence-corrected chi connectivity index (χ3v) is 2.28. The molecule has 4 heteroatoms. The lowest BCUT2D eigenvalue weighted by atomic mass is 10.2. The van der Waals surface area contributed by atoms with Crippen molar-refractivity contribution >= 4 is 17.6 Å². The number of carbonyl (C=O) groups is 1. The van der Waals surface area contributed by atoms with Crippen LogP contribution < -0.4 is 5.11 Å². The third-order valence-electron chi connectivity index (χ3n) is 1.95. The van der Waals surface area contributed by atoms with Crippen molar-refractivity contribution in [3.8, 4) is 11.3 Å². The molecule has 3 nitrogen and oxygen atoms in total. The predicted molar refractivity (Wildman–Crippen MR) is 53.5 cm³/mol. The molecule has 0 saturated heterocycles. The molecule has 0 aliphatic carbocycles. The Hall–Kier alpha value is -1.74. The predicted octanol–water partition coefficient (Wildman–Crippen LogP) is 1.96. The van der Waals surface area contributed by atoms with Crippen LogP contribution in [0, 0.1) is 0 Å². The fourth-order valence-corrected chi connectivity index (χ4v) is 1.48. The maximum absolute atomic E-state index is 10.5. The number of hydrogen-bond acceptors (Lipinski definition) is 3. The van der Waals surface area contributed by atoms with Crippen LogP contribution in [0.4, 0.5) is 0 Å². The highest BCUT2D eigenvalue weighted by Gasteiger charge is 2.07. The number of halogens is 1. The van der Waals surface area contributed by atoms with Gasteiger partial charge in [0.2, 0.25) is 0 Å². The number of carboxylic acids is 1. The summed E-state index contributed by atoms with van der Waals surface area (Å²) in [6.45, 7) is 0. The Morgan fingerprint density at radius 3 is 2.53 bits per heavy atom. The molecule has 0 saturated carbocycles. The van der Waals surface area contributed by atoms with E-state index in [4.69, 9.17) is 16.0 Å². The molecule has 1 heterocycles. The van der Waals surface area contributed by atoms with Gasteiger partial charge in [-0.2, -0.15) is 0 Å². The second kappa shape index (κ2) is 3.79. The molecular formula is C11H6ClO3-. The monoisotopic (exact) mass is 221 g/mol. The second-order valence-electron chi connectivity index (χ2n) is 2.93. The molecule has 0 N–H and O–H groups in total. The fraction of sp³-hybridized carbons (Fsp3) is 0. The van der Waals surface area contributed by atoms with Gasteiger partial charge in [0.25, 0.3) is 0 Å². The number of aromatic carboxylic acids is 1. The maximum atomic E-state index is 10.5. The first-order valence-corrected chi connectivity index (χ1v) is 4.62. The van der Waals surface area contributed by atoms with Gasteiger partial charge in [0.05, 0.1) is 5.02 Å². The van der Waals surface area contributed by atoms with Crippen LogP contribution in [0.25, 0.3) is 11.3 Å². The van der Waals surface area contributed by atoms with Crippen molar-refractivity contribution in [2.75, 3.05) is 0 Å². The number of carboxylic acid groups (broad SMARTS) is 1. The summed E-state index contributed by atoms with van der Waals surface area (Å²) in [5.41, 5.74) is 0.659. The summed E-state index contributed by atoms with van der Waals surface area (Å²) < 4.78 is 5.07. The van der Waals surface area contributed by atoms with Crippen molar-refractivity contribution in [1.29, 1.82) is 0 Å². The van der Waals surface area contributed by atoms with Gasteiger partial charge < -0.3 is 14.3 Å². The van der Waals surface area contributed by atoms with Gasteiger partial charge in [-0.25, -0.2) is 0 Å². The largest absolute Gasteiger partial charge is 0.542 e. The van der Waals surface area contributed by atoms with Gasteiger partial charge in [0.15, 0.2) is 0 Å². The highest BCUT2D eigenvalue weighted by Crippen LogP contribution is 2.28. The van der Waals surface area contributed by atoms with Crippen LogP contribution >= 0.6 is 11.6 Å². The minimum atomic E-state index is -1.34. The molecule has 1 aromatic carbocycles. The number of furan rings is 1. The number of carbonyl (C=O) groups excluding carboxylic acids is 1. The molecule has 2 aromatic rings. The SMILES string of the molecule is O=C([O-])c1ccc(-c2ccccc2Cl)o1. The molecule has 0 atom stereocenters. The minimum absolute atomic E-state index is 0.204. The zero-order valence-corrected chi connectivity index (χ0v) is 8.32. The number of rotatable bonds is 2. The molecule has 0 radical (unpaired) electrons. The molecule has 0 bridgehead atoms. The highest BCUT2D eigenvalue weighted by molar-refractivity contribution is 6.33. The van der Waals surface area contributed by atoms with E-state index in [9.17, 15) is 9.90 Å². The first-order chi connectivity index (χ1) is 7.18. The van der Waals surface area contributed by atoms with Crippen LogP contribution in [0.5, 0.6) is 0 Å². The van der Waals surface area contributed by atoms with Crippen molar-refractivity contribution in [3.05, 3.63) is 47.2 Å². The smallest absolute Gasteiger partial charge is 0.150 e. The van der Waals surface area contributed by atoms with E-state index in [-0.39, 0.29) is 5.76 Å². The van der Waals surface area contributed by atoms with Crippen LogP contribution in [0.3, 0.4) is 0 Å². The molecule has 0 aliphatic heterocycles. The van der Waals surface area contributed by atoms with E-state index in [1.54, 1.807) is 30.3 Å². The Morgan fingerprint density at radius 1 is 1.20 bits per heavy atom. The van der Waals surface area contributed by atoms with Gasteiger partial charge in [0, 0.05) is 5.56 Å². The zero-order valence-electron chi connectivity index (χ0n) is 7.57. The topological polar surface area (TPSA) is 53.3 Å². The lowest BCUT2D eigenvalue weighted by Crippen LogP contribution is -2.21. The summed E-state index contributed by atoms with van der Waals surface area (Å²) in [4.78, 5) is 10.5. The molecule has 2 rings (SSSR count). The summed E-state index contributed by atoms with van der Waals surface area (Å²) in [5.74, 6) is -1.13. The van der Waals surface area contributed by atoms with E-state index in [0.29, 0.717) is 16.3 Å². The summed E-state index contributed by atoms with van der Waals surface area (Å²) in [7, 11) is 0. The Bertz CT molecular complexity index is 502. The molecule has 1 aromatic heterocycles. The lowest BCUT2D eigenvalue weighted by molar-refractivity contribution is -0.257. The summed E-state index contributed by atoms with van der Waals surface area (Å²) >= 11 is 5.92. The first kappa shape index (κ1) is 9.80. The van der Waals surface area contributed by atoms with Crippen molar-refractivity contribution in [2.45, 2.75) is 0 Å². The van der Waals surface area contributed by atoms with Crippen molar-refractivity contribution in [2.24, 2.45) is 0 Å². The quantitative estimate of drug-likeness (QED) is 0.779. The van der Waals surface area contributed by atoms with E-state index in [0.717, 1.165) is 0 Å². The van der Waals surface area contributed by atoms with Crippen LogP contribution in [0.15, 0.2) is 40.8 Å². The lowest BCUT2D eigenvalue weighted by Gasteiger charge is -2.00. The molecule has 15 heavy (non-hydrogen) atoms. The van der Waals surface area contributed by atoms with E-state index in [2.05, 4.69) is 0 Å². The summed E-state index contributed by atoms with van der Waals surface area (Å²) in [5, 5.41) is 11.0. The van der Waals surface area contributed by atoms with Gasteiger partial charge in [-0.05, 0) is 24.3 Å². The number of hydrogen-bond donors (Lipinski definition) is 0. The first-order valence-electron chi connectivity index (χ1n) is 4.24. The molecule has 0 spiro atoms. The third kappa shape index (κ3) is 1.87. The highest BCUT2D eigenvalue weighted by atomic mass is 35.5. The van der Waals surface area contributed by atoms with Crippen LogP contribution in [0.1, 0.15) is 10.6 Å². The molecule has 0 fully saturated rings. The molecule has 0 aliphatic rings. The van der Waals surface area contributed by atoms with Crippen LogP contribution in [0.2, 0.25) is 5.02 Å². The van der Waals surface area contributed by atoms with Crippen molar-refractivity contribution in [1.82, 2.24) is 0 Å². The number of benzene rings is 1. The maximum Gasteiger partial charge on any atom is 0.150 e. The average molecular weight is 222 g/mol. The normalized spacial score (nSPS) is 10.2. The fourth-order valence-electron chi connectivity index (χ4n) is 1.25. The van der Waals surface area contributed by atoms with E-state index in [1.807, 2.05) is 0 Å².